The number of carbonyl (C=O) groups excluding carboxylic acids is 2. The van der Waals surface area contributed by atoms with Crippen molar-refractivity contribution in [2.75, 3.05) is 0 Å². The fraction of sp³-hybridized carbons (Fsp3) is 0.385. The first-order chi connectivity index (χ1) is 16.4. The Hall–Kier alpha value is -3.44. The molecule has 0 saturated heterocycles. The van der Waals surface area contributed by atoms with Gasteiger partial charge in [0, 0.05) is 65.8 Å². The molecular formula is C26H28N4O3S. The number of alkyl carbamates (subject to hydrolysis) is 1. The van der Waals surface area contributed by atoms with Crippen LogP contribution in [0.5, 0.6) is 0 Å². The summed E-state index contributed by atoms with van der Waals surface area (Å²) in [5, 5.41) is 12.6. The molecule has 2 atom stereocenters. The lowest BCUT2D eigenvalue weighted by atomic mass is 9.92. The molecule has 8 heteroatoms. The Morgan fingerprint density at radius 3 is 2.91 bits per heavy atom. The summed E-state index contributed by atoms with van der Waals surface area (Å²) in [5.74, 6) is 0.127. The molecule has 0 bridgehead atoms. The van der Waals surface area contributed by atoms with Gasteiger partial charge in [0.2, 0.25) is 0 Å². The Labute approximate surface area is 203 Å². The van der Waals surface area contributed by atoms with Crippen LogP contribution in [0.3, 0.4) is 0 Å². The molecule has 3 aromatic heterocycles. The van der Waals surface area contributed by atoms with Crippen LogP contribution in [-0.2, 0) is 42.4 Å². The fourth-order valence-electron chi connectivity index (χ4n) is 4.37. The third-order valence-electron chi connectivity index (χ3n) is 6.23. The van der Waals surface area contributed by atoms with Gasteiger partial charge in [-0.1, -0.05) is 13.0 Å². The number of carbonyl (C=O) groups is 2. The lowest BCUT2D eigenvalue weighted by Crippen LogP contribution is -2.32. The Kier molecular flexibility index (Phi) is 7.43. The topological polar surface area (TPSA) is 97.0 Å². The fourth-order valence-corrected chi connectivity index (χ4v) is 5.77. The van der Waals surface area contributed by atoms with Crippen LogP contribution >= 0.6 is 11.3 Å². The number of amides is 1. The number of rotatable bonds is 8. The summed E-state index contributed by atoms with van der Waals surface area (Å²) in [6.07, 6.45) is 5.53. The summed E-state index contributed by atoms with van der Waals surface area (Å²) >= 11 is 1.51. The quantitative estimate of drug-likeness (QED) is 0.518. The standard InChI is InChI=1S/C26H28N4O3S/c1-17(23-7-3-4-10-28-23)12-19(31)13-24-22(15-27)21-9-8-20(14-25(21)34-24)33-26(32)29-16-18-6-5-11-30(18)2/h3-7,10-11,17,20H,8-9,12-14,16H2,1-2H3,(H,29,32). The second-order valence-corrected chi connectivity index (χ2v) is 9.91. The molecule has 7 nitrogen and oxygen atoms in total. The molecule has 0 saturated carbocycles. The van der Waals surface area contributed by atoms with E-state index in [4.69, 9.17) is 4.74 Å². The number of hydrogen-bond donors (Lipinski definition) is 1. The van der Waals surface area contributed by atoms with Crippen LogP contribution in [0.2, 0.25) is 0 Å². The molecule has 34 heavy (non-hydrogen) atoms. The number of ether oxygens (including phenoxy) is 1. The molecule has 176 valence electrons. The maximum absolute atomic E-state index is 12.8. The average Bonchev–Trinajstić information content (AvgIpc) is 3.39. The molecule has 3 heterocycles. The van der Waals surface area contributed by atoms with E-state index in [-0.39, 0.29) is 24.2 Å². The summed E-state index contributed by atoms with van der Waals surface area (Å²) in [6, 6.07) is 11.9. The third kappa shape index (κ3) is 5.54. The van der Waals surface area contributed by atoms with E-state index < -0.39 is 6.09 Å². The molecule has 0 spiro atoms. The van der Waals surface area contributed by atoms with Crippen molar-refractivity contribution < 1.29 is 14.3 Å². The number of thiophene rings is 1. The van der Waals surface area contributed by atoms with Crippen LogP contribution in [0.15, 0.2) is 42.7 Å². The molecule has 1 aliphatic carbocycles. The largest absolute Gasteiger partial charge is 0.446 e. The number of Topliss-reactive ketones (excluding diaryl/α,β-unsaturated/α-hetero) is 1. The molecule has 2 unspecified atom stereocenters. The summed E-state index contributed by atoms with van der Waals surface area (Å²) < 4.78 is 7.59. The van der Waals surface area contributed by atoms with Crippen molar-refractivity contribution in [1.82, 2.24) is 14.9 Å². The number of pyridine rings is 1. The predicted octanol–water partition coefficient (Wildman–Crippen LogP) is 4.44. The van der Waals surface area contributed by atoms with E-state index in [2.05, 4.69) is 16.4 Å². The van der Waals surface area contributed by atoms with E-state index >= 15 is 0 Å². The number of nitriles is 1. The van der Waals surface area contributed by atoms with Gasteiger partial charge < -0.3 is 14.6 Å². The zero-order valence-electron chi connectivity index (χ0n) is 19.4. The average molecular weight is 477 g/mol. The van der Waals surface area contributed by atoms with Gasteiger partial charge in [-0.15, -0.1) is 11.3 Å². The van der Waals surface area contributed by atoms with Gasteiger partial charge in [0.15, 0.2) is 0 Å². The first kappa shape index (κ1) is 23.7. The Bertz CT molecular complexity index is 1210. The third-order valence-corrected chi connectivity index (χ3v) is 7.48. The highest BCUT2D eigenvalue weighted by atomic mass is 32.1. The van der Waals surface area contributed by atoms with Crippen molar-refractivity contribution in [3.63, 3.8) is 0 Å². The van der Waals surface area contributed by atoms with Crippen molar-refractivity contribution in [1.29, 1.82) is 5.26 Å². The Morgan fingerprint density at radius 1 is 1.35 bits per heavy atom. The second kappa shape index (κ2) is 10.7. The Morgan fingerprint density at radius 2 is 2.21 bits per heavy atom. The highest BCUT2D eigenvalue weighted by Gasteiger charge is 2.28. The lowest BCUT2D eigenvalue weighted by molar-refractivity contribution is -0.118. The highest BCUT2D eigenvalue weighted by Crippen LogP contribution is 2.36. The highest BCUT2D eigenvalue weighted by molar-refractivity contribution is 7.12. The van der Waals surface area contributed by atoms with Gasteiger partial charge in [-0.2, -0.15) is 5.26 Å². The van der Waals surface area contributed by atoms with Gasteiger partial charge in [0.25, 0.3) is 0 Å². The van der Waals surface area contributed by atoms with Gasteiger partial charge in [-0.05, 0) is 42.7 Å². The molecular weight excluding hydrogens is 448 g/mol. The van der Waals surface area contributed by atoms with Gasteiger partial charge in [0.1, 0.15) is 18.0 Å². The smallest absolute Gasteiger partial charge is 0.407 e. The van der Waals surface area contributed by atoms with Crippen molar-refractivity contribution in [2.24, 2.45) is 7.05 Å². The van der Waals surface area contributed by atoms with E-state index in [0.717, 1.165) is 26.7 Å². The summed E-state index contributed by atoms with van der Waals surface area (Å²) in [6.45, 7) is 2.40. The second-order valence-electron chi connectivity index (χ2n) is 8.72. The molecule has 4 rings (SSSR count). The van der Waals surface area contributed by atoms with Gasteiger partial charge in [0.05, 0.1) is 12.1 Å². The first-order valence-corrected chi connectivity index (χ1v) is 12.3. The van der Waals surface area contributed by atoms with Crippen LogP contribution in [-0.4, -0.2) is 27.5 Å². The normalized spacial score (nSPS) is 15.7. The first-order valence-electron chi connectivity index (χ1n) is 11.5. The molecule has 1 N–H and O–H groups in total. The molecule has 0 aromatic carbocycles. The van der Waals surface area contributed by atoms with Gasteiger partial charge in [-0.3, -0.25) is 9.78 Å². The molecule has 3 aromatic rings. The number of ketones is 1. The number of fused-ring (bicyclic) bond motifs is 1. The maximum Gasteiger partial charge on any atom is 0.407 e. The lowest BCUT2D eigenvalue weighted by Gasteiger charge is -2.22. The zero-order chi connectivity index (χ0) is 24.1. The minimum atomic E-state index is -0.439. The zero-order valence-corrected chi connectivity index (χ0v) is 20.2. The van der Waals surface area contributed by atoms with Crippen molar-refractivity contribution in [3.8, 4) is 6.07 Å². The van der Waals surface area contributed by atoms with E-state index in [9.17, 15) is 14.9 Å². The van der Waals surface area contributed by atoms with Gasteiger partial charge >= 0.3 is 6.09 Å². The summed E-state index contributed by atoms with van der Waals surface area (Å²) in [7, 11) is 1.93. The minimum absolute atomic E-state index is 0.0284. The van der Waals surface area contributed by atoms with E-state index in [1.807, 2.05) is 55.1 Å². The van der Waals surface area contributed by atoms with Crippen LogP contribution < -0.4 is 5.32 Å². The number of aromatic nitrogens is 2. The van der Waals surface area contributed by atoms with E-state index in [0.29, 0.717) is 37.8 Å². The number of hydrogen-bond acceptors (Lipinski definition) is 6. The Balaban J connectivity index is 1.35. The predicted molar refractivity (Wildman–Crippen MR) is 130 cm³/mol. The van der Waals surface area contributed by atoms with Gasteiger partial charge in [-0.25, -0.2) is 4.79 Å². The minimum Gasteiger partial charge on any atom is -0.446 e. The monoisotopic (exact) mass is 476 g/mol. The van der Waals surface area contributed by atoms with Crippen molar-refractivity contribution >= 4 is 23.2 Å². The summed E-state index contributed by atoms with van der Waals surface area (Å²) in [5.41, 5.74) is 3.53. The molecule has 0 aliphatic heterocycles. The number of nitrogens with one attached hydrogen (secondary N) is 1. The molecule has 0 radical (unpaired) electrons. The number of aryl methyl sites for hydroxylation is 1. The van der Waals surface area contributed by atoms with E-state index in [1.165, 1.54) is 11.3 Å². The van der Waals surface area contributed by atoms with Crippen molar-refractivity contribution in [3.05, 3.63) is 75.0 Å². The molecule has 1 amide bonds. The maximum atomic E-state index is 12.8. The number of nitrogens with zero attached hydrogens (tertiary/aromatic N) is 3. The molecule has 0 fully saturated rings. The van der Waals surface area contributed by atoms with Crippen LogP contribution in [0.25, 0.3) is 0 Å². The summed E-state index contributed by atoms with van der Waals surface area (Å²) in [4.78, 5) is 31.3. The van der Waals surface area contributed by atoms with Crippen LogP contribution in [0, 0.1) is 11.3 Å². The SMILES string of the molecule is CC(CC(=O)Cc1sc2c(c1C#N)CCC(OC(=O)NCc1cccn1C)C2)c1ccccn1. The molecule has 1 aliphatic rings. The van der Waals surface area contributed by atoms with E-state index in [1.54, 1.807) is 6.20 Å². The van der Waals surface area contributed by atoms with Crippen molar-refractivity contribution in [2.45, 2.75) is 57.6 Å². The van der Waals surface area contributed by atoms with Crippen LogP contribution in [0.4, 0.5) is 4.79 Å². The van der Waals surface area contributed by atoms with Crippen LogP contribution in [0.1, 0.15) is 58.0 Å².